The van der Waals surface area contributed by atoms with Gasteiger partial charge in [-0.25, -0.2) is 9.98 Å². The summed E-state index contributed by atoms with van der Waals surface area (Å²) in [5.41, 5.74) is 13.8. The Bertz CT molecular complexity index is 617. The molecule has 0 aromatic heterocycles. The van der Waals surface area contributed by atoms with E-state index in [0.717, 1.165) is 10.6 Å². The highest BCUT2D eigenvalue weighted by atomic mass is 32.2. The van der Waals surface area contributed by atoms with Crippen LogP contribution in [0.3, 0.4) is 0 Å². The average molecular weight is 287 g/mol. The van der Waals surface area contributed by atoms with Gasteiger partial charge in [0.15, 0.2) is 11.2 Å². The SMILES string of the molecule is CC(C)c1ccc(C2(N)N=CN=C3SC(N)N=C32)cc1. The number of nitrogens with zero attached hydrogens (tertiary/aromatic N) is 3. The summed E-state index contributed by atoms with van der Waals surface area (Å²) in [7, 11) is 0. The summed E-state index contributed by atoms with van der Waals surface area (Å²) < 4.78 is 0. The number of hydrogen-bond acceptors (Lipinski definition) is 6. The quantitative estimate of drug-likeness (QED) is 0.869. The van der Waals surface area contributed by atoms with E-state index in [9.17, 15) is 0 Å². The first-order valence-corrected chi connectivity index (χ1v) is 7.40. The van der Waals surface area contributed by atoms with Crippen molar-refractivity contribution in [2.75, 3.05) is 0 Å². The molecular weight excluding hydrogens is 270 g/mol. The Morgan fingerprint density at radius 2 is 1.95 bits per heavy atom. The van der Waals surface area contributed by atoms with E-state index >= 15 is 0 Å². The maximum absolute atomic E-state index is 6.48. The van der Waals surface area contributed by atoms with Gasteiger partial charge >= 0.3 is 0 Å². The molecule has 0 spiro atoms. The van der Waals surface area contributed by atoms with Gasteiger partial charge in [0.25, 0.3) is 0 Å². The molecule has 4 N–H and O–H groups in total. The van der Waals surface area contributed by atoms with Crippen LogP contribution in [-0.4, -0.2) is 22.6 Å². The second-order valence-electron chi connectivity index (χ2n) is 5.21. The Kier molecular flexibility index (Phi) is 3.24. The van der Waals surface area contributed by atoms with E-state index in [4.69, 9.17) is 11.5 Å². The summed E-state index contributed by atoms with van der Waals surface area (Å²) in [4.78, 5) is 12.9. The van der Waals surface area contributed by atoms with Crippen LogP contribution in [0.5, 0.6) is 0 Å². The molecule has 3 rings (SSSR count). The van der Waals surface area contributed by atoms with Gasteiger partial charge in [0.2, 0.25) is 0 Å². The molecule has 0 fully saturated rings. The molecule has 2 aliphatic rings. The fraction of sp³-hybridized carbons (Fsp3) is 0.357. The summed E-state index contributed by atoms with van der Waals surface area (Å²) in [5.74, 6) is 0.484. The number of hydrogen-bond donors (Lipinski definition) is 2. The predicted octanol–water partition coefficient (Wildman–Crippen LogP) is 1.79. The molecule has 0 radical (unpaired) electrons. The third-order valence-electron chi connectivity index (χ3n) is 3.51. The number of thioether (sulfide) groups is 1. The van der Waals surface area contributed by atoms with Gasteiger partial charge in [-0.1, -0.05) is 49.9 Å². The summed E-state index contributed by atoms with van der Waals surface area (Å²) in [6, 6.07) is 8.18. The van der Waals surface area contributed by atoms with Gasteiger partial charge in [0, 0.05) is 5.56 Å². The third kappa shape index (κ3) is 2.09. The average Bonchev–Trinajstić information content (AvgIpc) is 2.81. The number of benzene rings is 1. The van der Waals surface area contributed by atoms with Crippen molar-refractivity contribution in [2.45, 2.75) is 30.9 Å². The molecule has 2 unspecified atom stereocenters. The first-order valence-electron chi connectivity index (χ1n) is 6.52. The van der Waals surface area contributed by atoms with Gasteiger partial charge < -0.3 is 5.73 Å². The monoisotopic (exact) mass is 287 g/mol. The van der Waals surface area contributed by atoms with Gasteiger partial charge in [0.05, 0.1) is 0 Å². The molecule has 1 aromatic rings. The Morgan fingerprint density at radius 3 is 2.60 bits per heavy atom. The molecule has 2 atom stereocenters. The van der Waals surface area contributed by atoms with E-state index in [-0.39, 0.29) is 5.50 Å². The summed E-state index contributed by atoms with van der Waals surface area (Å²) in [5, 5.41) is 0.767. The van der Waals surface area contributed by atoms with Crippen molar-refractivity contribution in [3.63, 3.8) is 0 Å². The van der Waals surface area contributed by atoms with Crippen molar-refractivity contribution in [2.24, 2.45) is 26.4 Å². The van der Waals surface area contributed by atoms with Crippen molar-refractivity contribution in [3.8, 4) is 0 Å². The van der Waals surface area contributed by atoms with E-state index in [2.05, 4.69) is 41.0 Å². The normalized spacial score (nSPS) is 28.4. The van der Waals surface area contributed by atoms with Crippen molar-refractivity contribution < 1.29 is 0 Å². The molecular formula is C14H17N5S. The maximum atomic E-state index is 6.48. The number of rotatable bonds is 2. The Morgan fingerprint density at radius 1 is 1.25 bits per heavy atom. The van der Waals surface area contributed by atoms with E-state index in [1.165, 1.54) is 23.7 Å². The lowest BCUT2D eigenvalue weighted by atomic mass is 9.92. The summed E-state index contributed by atoms with van der Waals surface area (Å²) >= 11 is 1.41. The molecule has 104 valence electrons. The van der Waals surface area contributed by atoms with Gasteiger partial charge in [-0.3, -0.25) is 10.7 Å². The lowest BCUT2D eigenvalue weighted by Gasteiger charge is -2.27. The maximum Gasteiger partial charge on any atom is 0.180 e. The molecule has 5 nitrogen and oxygen atoms in total. The fourth-order valence-electron chi connectivity index (χ4n) is 2.30. The van der Waals surface area contributed by atoms with Crippen LogP contribution in [0, 0.1) is 0 Å². The zero-order valence-corrected chi connectivity index (χ0v) is 12.3. The first-order chi connectivity index (χ1) is 9.50. The Labute approximate surface area is 122 Å². The smallest absolute Gasteiger partial charge is 0.180 e. The molecule has 0 aliphatic carbocycles. The fourth-order valence-corrected chi connectivity index (χ4v) is 3.11. The van der Waals surface area contributed by atoms with Crippen LogP contribution in [0.15, 0.2) is 39.2 Å². The molecule has 0 amide bonds. The molecule has 2 aliphatic heterocycles. The lowest BCUT2D eigenvalue weighted by Crippen LogP contribution is -2.47. The molecule has 6 heteroatoms. The number of nitrogens with two attached hydrogens (primary N) is 2. The highest BCUT2D eigenvalue weighted by Crippen LogP contribution is 2.33. The molecule has 20 heavy (non-hydrogen) atoms. The summed E-state index contributed by atoms with van der Waals surface area (Å²) in [6.45, 7) is 4.32. The molecule has 0 bridgehead atoms. The lowest BCUT2D eigenvalue weighted by molar-refractivity contribution is 0.642. The van der Waals surface area contributed by atoms with E-state index in [0.29, 0.717) is 11.6 Å². The van der Waals surface area contributed by atoms with E-state index < -0.39 is 5.66 Å². The van der Waals surface area contributed by atoms with Crippen LogP contribution in [0.4, 0.5) is 0 Å². The van der Waals surface area contributed by atoms with Crippen molar-refractivity contribution in [3.05, 3.63) is 35.4 Å². The van der Waals surface area contributed by atoms with E-state index in [1.54, 1.807) is 0 Å². The minimum atomic E-state index is -0.978. The first kappa shape index (κ1) is 13.5. The van der Waals surface area contributed by atoms with Gasteiger partial charge in [0.1, 0.15) is 17.1 Å². The minimum absolute atomic E-state index is 0.344. The topological polar surface area (TPSA) is 89.1 Å². The largest absolute Gasteiger partial charge is 0.301 e. The van der Waals surface area contributed by atoms with Crippen LogP contribution in [0.1, 0.15) is 30.9 Å². The Hall–Kier alpha value is -1.50. The van der Waals surface area contributed by atoms with Gasteiger partial charge in [-0.15, -0.1) is 0 Å². The highest BCUT2D eigenvalue weighted by Gasteiger charge is 2.41. The molecule has 1 aromatic carbocycles. The number of fused-ring (bicyclic) bond motifs is 1. The number of aliphatic imine (C=N–C) groups is 3. The van der Waals surface area contributed by atoms with Crippen LogP contribution in [-0.2, 0) is 5.66 Å². The second-order valence-corrected chi connectivity index (χ2v) is 6.31. The third-order valence-corrected chi connectivity index (χ3v) is 4.38. The summed E-state index contributed by atoms with van der Waals surface area (Å²) in [6.07, 6.45) is 1.50. The van der Waals surface area contributed by atoms with Crippen LogP contribution in [0.2, 0.25) is 0 Å². The van der Waals surface area contributed by atoms with Crippen LogP contribution in [0.25, 0.3) is 0 Å². The zero-order valence-electron chi connectivity index (χ0n) is 11.4. The predicted molar refractivity (Wildman–Crippen MR) is 85.3 cm³/mol. The Balaban J connectivity index is 2.02. The van der Waals surface area contributed by atoms with Crippen LogP contribution >= 0.6 is 11.8 Å². The van der Waals surface area contributed by atoms with E-state index in [1.807, 2.05) is 12.1 Å². The minimum Gasteiger partial charge on any atom is -0.301 e. The van der Waals surface area contributed by atoms with Gasteiger partial charge in [-0.05, 0) is 11.5 Å². The zero-order chi connectivity index (χ0) is 14.3. The van der Waals surface area contributed by atoms with Gasteiger partial charge in [-0.2, -0.15) is 0 Å². The van der Waals surface area contributed by atoms with Crippen molar-refractivity contribution in [1.82, 2.24) is 0 Å². The second kappa shape index (κ2) is 4.80. The standard InChI is InChI=1S/C14H17N5S/c1-8(2)9-3-5-10(6-4-9)14(16)11-12(17-7-18-14)20-13(15)19-11/h3-8,13H,15-16H2,1-2H3. The van der Waals surface area contributed by atoms with Crippen molar-refractivity contribution >= 4 is 28.9 Å². The molecule has 0 saturated carbocycles. The van der Waals surface area contributed by atoms with Crippen LogP contribution < -0.4 is 11.5 Å². The van der Waals surface area contributed by atoms with Crippen molar-refractivity contribution in [1.29, 1.82) is 0 Å². The molecule has 2 heterocycles. The molecule has 0 saturated heterocycles. The highest BCUT2D eigenvalue weighted by molar-refractivity contribution is 8.16.